The number of nitrogens with one attached hydrogen (secondary N) is 1. The molecule has 0 atom stereocenters. The molecule has 0 radical (unpaired) electrons. The quantitative estimate of drug-likeness (QED) is 0.626. The van der Waals surface area contributed by atoms with Crippen molar-refractivity contribution in [3.05, 3.63) is 35.9 Å². The van der Waals surface area contributed by atoms with Crippen LogP contribution in [0.2, 0.25) is 0 Å². The molecule has 1 saturated heterocycles. The van der Waals surface area contributed by atoms with E-state index in [4.69, 9.17) is 4.55 Å². The zero-order valence-corrected chi connectivity index (χ0v) is 10.2. The molecule has 7 heteroatoms. The van der Waals surface area contributed by atoms with Gasteiger partial charge in [-0.3, -0.25) is 4.55 Å². The van der Waals surface area contributed by atoms with E-state index < -0.39 is 10.3 Å². The van der Waals surface area contributed by atoms with E-state index in [1.165, 1.54) is 10.6 Å². The summed E-state index contributed by atoms with van der Waals surface area (Å²) >= 11 is 0. The minimum absolute atomic E-state index is 0. The third-order valence-corrected chi connectivity index (χ3v) is 3.50. The Balaban J connectivity index is 0.00000162. The van der Waals surface area contributed by atoms with Crippen LogP contribution >= 0.6 is 0 Å². The van der Waals surface area contributed by atoms with Gasteiger partial charge in [0.2, 0.25) is 0 Å². The van der Waals surface area contributed by atoms with Crippen LogP contribution < -0.4 is 4.83 Å². The van der Waals surface area contributed by atoms with E-state index in [0.717, 1.165) is 12.8 Å². The van der Waals surface area contributed by atoms with Crippen LogP contribution in [0.3, 0.4) is 0 Å². The Morgan fingerprint density at radius 1 is 1.17 bits per heavy atom. The molecule has 0 spiro atoms. The van der Waals surface area contributed by atoms with E-state index in [9.17, 15) is 8.42 Å². The van der Waals surface area contributed by atoms with Gasteiger partial charge in [-0.1, -0.05) is 30.3 Å². The molecule has 1 heterocycles. The van der Waals surface area contributed by atoms with E-state index in [2.05, 4.69) is 17.0 Å². The first-order chi connectivity index (χ1) is 8.04. The van der Waals surface area contributed by atoms with Crippen LogP contribution in [0.5, 0.6) is 0 Å². The molecule has 1 aliphatic heterocycles. The summed E-state index contributed by atoms with van der Waals surface area (Å²) < 4.78 is 30.0. The number of rotatable bonds is 3. The summed E-state index contributed by atoms with van der Waals surface area (Å²) in [4.78, 5) is 2.09. The summed E-state index contributed by atoms with van der Waals surface area (Å²) in [5, 5.41) is 1.54. The first-order valence-corrected chi connectivity index (χ1v) is 7.03. The van der Waals surface area contributed by atoms with E-state index in [1.807, 2.05) is 18.2 Å². The van der Waals surface area contributed by atoms with Gasteiger partial charge in [-0.2, -0.15) is 8.42 Å². The van der Waals surface area contributed by atoms with Gasteiger partial charge in [-0.25, -0.2) is 5.01 Å². The molecular weight excluding hydrogens is 263 g/mol. The van der Waals surface area contributed by atoms with Crippen molar-refractivity contribution in [1.82, 2.24) is 9.84 Å². The summed E-state index contributed by atoms with van der Waals surface area (Å²) in [5.41, 5.74) is 1.29. The first-order valence-electron chi connectivity index (χ1n) is 5.59. The normalized spacial score (nSPS) is 18.3. The number of hydrogen-bond donors (Lipinski definition) is 2. The first kappa shape index (κ1) is 16.1. The molecular formula is C11H17N2NaO3S. The Kier molecular flexibility index (Phi) is 6.26. The van der Waals surface area contributed by atoms with Crippen molar-refractivity contribution in [2.24, 2.45) is 0 Å². The van der Waals surface area contributed by atoms with Gasteiger partial charge in [0, 0.05) is 13.1 Å². The van der Waals surface area contributed by atoms with Crippen molar-refractivity contribution >= 4 is 39.9 Å². The van der Waals surface area contributed by atoms with Gasteiger partial charge in [0.25, 0.3) is 0 Å². The number of piperidine rings is 1. The third kappa shape index (κ3) is 4.97. The molecule has 1 fully saturated rings. The second-order valence-corrected chi connectivity index (χ2v) is 5.37. The van der Waals surface area contributed by atoms with Crippen LogP contribution in [0, 0.1) is 0 Å². The molecule has 1 aromatic rings. The van der Waals surface area contributed by atoms with E-state index in [-0.39, 0.29) is 29.6 Å². The van der Waals surface area contributed by atoms with Crippen LogP contribution in [0.25, 0.3) is 0 Å². The summed E-state index contributed by atoms with van der Waals surface area (Å²) in [7, 11) is -4.13. The van der Waals surface area contributed by atoms with Crippen molar-refractivity contribution in [1.29, 1.82) is 0 Å². The third-order valence-electron chi connectivity index (χ3n) is 3.01. The van der Waals surface area contributed by atoms with Gasteiger partial charge in [-0.15, -0.1) is 4.83 Å². The fourth-order valence-corrected chi connectivity index (χ4v) is 2.70. The van der Waals surface area contributed by atoms with Crippen LogP contribution in [0.15, 0.2) is 30.3 Å². The second kappa shape index (κ2) is 7.00. The molecule has 5 nitrogen and oxygen atoms in total. The van der Waals surface area contributed by atoms with E-state index >= 15 is 0 Å². The Bertz CT molecular complexity index is 458. The molecule has 1 aromatic carbocycles. The van der Waals surface area contributed by atoms with Crippen LogP contribution in [0.4, 0.5) is 0 Å². The standard InChI is InChI=1S/C11H16N2O3S.Na.H/c14-17(15,16)12-13-8-6-11(7-9-13)10-4-2-1-3-5-10;;/h1-5,11-12H,6-9H2,(H,14,15,16);;. The predicted molar refractivity (Wildman–Crippen MR) is 71.8 cm³/mol. The van der Waals surface area contributed by atoms with Gasteiger partial charge in [0.1, 0.15) is 0 Å². The maximum absolute atomic E-state index is 10.7. The average Bonchev–Trinajstić information content (AvgIpc) is 2.29. The van der Waals surface area contributed by atoms with Gasteiger partial charge in [0.15, 0.2) is 0 Å². The molecule has 2 N–H and O–H groups in total. The van der Waals surface area contributed by atoms with Crippen LogP contribution in [-0.4, -0.2) is 60.6 Å². The molecule has 2 rings (SSSR count). The molecule has 96 valence electrons. The number of benzene rings is 1. The Labute approximate surface area is 130 Å². The Hall–Kier alpha value is 0.0500. The molecule has 0 unspecified atom stereocenters. The van der Waals surface area contributed by atoms with Crippen molar-refractivity contribution in [2.75, 3.05) is 13.1 Å². The molecule has 0 saturated carbocycles. The second-order valence-electron chi connectivity index (χ2n) is 4.24. The summed E-state index contributed by atoms with van der Waals surface area (Å²) in [6.07, 6.45) is 1.76. The number of hydrazine groups is 1. The SMILES string of the molecule is O=S(=O)(O)NN1CCC(c2ccccc2)CC1.[NaH]. The molecule has 0 aliphatic carbocycles. The fourth-order valence-electron chi connectivity index (χ4n) is 2.19. The van der Waals surface area contributed by atoms with E-state index in [0.29, 0.717) is 19.0 Å². The molecule has 0 bridgehead atoms. The van der Waals surface area contributed by atoms with Crippen LogP contribution in [0.1, 0.15) is 24.3 Å². The zero-order valence-electron chi connectivity index (χ0n) is 9.41. The molecule has 1 aliphatic rings. The fraction of sp³-hybridized carbons (Fsp3) is 0.455. The molecule has 18 heavy (non-hydrogen) atoms. The number of hydrogen-bond acceptors (Lipinski definition) is 3. The zero-order chi connectivity index (χ0) is 12.3. The monoisotopic (exact) mass is 280 g/mol. The van der Waals surface area contributed by atoms with Gasteiger partial charge >= 0.3 is 39.9 Å². The van der Waals surface area contributed by atoms with Crippen LogP contribution in [-0.2, 0) is 10.3 Å². The molecule has 0 amide bonds. The van der Waals surface area contributed by atoms with Crippen molar-refractivity contribution in [3.8, 4) is 0 Å². The summed E-state index contributed by atoms with van der Waals surface area (Å²) in [6.45, 7) is 1.22. The number of nitrogens with zero attached hydrogens (tertiary/aromatic N) is 1. The van der Waals surface area contributed by atoms with Crippen molar-refractivity contribution in [2.45, 2.75) is 18.8 Å². The Morgan fingerprint density at radius 3 is 2.22 bits per heavy atom. The Morgan fingerprint density at radius 2 is 1.72 bits per heavy atom. The van der Waals surface area contributed by atoms with Gasteiger partial charge in [0.05, 0.1) is 0 Å². The van der Waals surface area contributed by atoms with Crippen molar-refractivity contribution < 1.29 is 13.0 Å². The topological polar surface area (TPSA) is 69.6 Å². The average molecular weight is 280 g/mol. The van der Waals surface area contributed by atoms with E-state index in [1.54, 1.807) is 0 Å². The summed E-state index contributed by atoms with van der Waals surface area (Å²) in [5.74, 6) is 0.468. The van der Waals surface area contributed by atoms with Gasteiger partial charge in [-0.05, 0) is 24.3 Å². The summed E-state index contributed by atoms with van der Waals surface area (Å²) in [6, 6.07) is 10.2. The predicted octanol–water partition coefficient (Wildman–Crippen LogP) is 0.525. The van der Waals surface area contributed by atoms with Gasteiger partial charge < -0.3 is 0 Å². The van der Waals surface area contributed by atoms with Crippen molar-refractivity contribution in [3.63, 3.8) is 0 Å². The minimum atomic E-state index is -4.13. The molecule has 0 aromatic heterocycles. The maximum atomic E-state index is 10.7.